The fourth-order valence-corrected chi connectivity index (χ4v) is 0.779. The van der Waals surface area contributed by atoms with Gasteiger partial charge >= 0.3 is 5.97 Å². The Balaban J connectivity index is 0.00000144. The molecule has 0 aliphatic rings. The van der Waals surface area contributed by atoms with Crippen LogP contribution in [-0.2, 0) is 4.79 Å². The van der Waals surface area contributed by atoms with Crippen LogP contribution in [0.15, 0.2) is 24.3 Å². The molecular weight excluding hydrogens is 192 g/mol. The molecule has 0 spiro atoms. The van der Waals surface area contributed by atoms with Crippen LogP contribution >= 0.6 is 12.4 Å². The number of benzene rings is 1. The first-order valence-corrected chi connectivity index (χ1v) is 3.49. The van der Waals surface area contributed by atoms with Gasteiger partial charge < -0.3 is 16.2 Å². The maximum absolute atomic E-state index is 10.2. The minimum absolute atomic E-state index is 0. The van der Waals surface area contributed by atoms with Gasteiger partial charge in [-0.05, 0) is 24.3 Å². The average molecular weight is 203 g/mol. The highest BCUT2D eigenvalue weighted by Crippen LogP contribution is 2.09. The van der Waals surface area contributed by atoms with E-state index in [0.29, 0.717) is 5.69 Å². The first kappa shape index (κ1) is 11.6. The highest BCUT2D eigenvalue weighted by Gasteiger charge is 1.95. The monoisotopic (exact) mass is 202 g/mol. The Morgan fingerprint density at radius 3 is 2.38 bits per heavy atom. The molecule has 0 fully saturated rings. The Morgan fingerprint density at radius 1 is 1.38 bits per heavy atom. The summed E-state index contributed by atoms with van der Waals surface area (Å²) in [7, 11) is 0. The van der Waals surface area contributed by atoms with Crippen LogP contribution in [0, 0.1) is 0 Å². The minimum Gasteiger partial charge on any atom is -0.480 e. The summed E-state index contributed by atoms with van der Waals surface area (Å²) in [5.41, 5.74) is 6.86. The van der Waals surface area contributed by atoms with E-state index in [1.54, 1.807) is 24.3 Å². The van der Waals surface area contributed by atoms with Crippen LogP contribution in [0.3, 0.4) is 0 Å². The second-order valence-electron chi connectivity index (χ2n) is 2.37. The van der Waals surface area contributed by atoms with Crippen molar-refractivity contribution in [1.29, 1.82) is 0 Å². The summed E-state index contributed by atoms with van der Waals surface area (Å²) in [5, 5.41) is 11.1. The number of anilines is 2. The van der Waals surface area contributed by atoms with Crippen molar-refractivity contribution in [2.75, 3.05) is 17.6 Å². The molecule has 0 saturated carbocycles. The van der Waals surface area contributed by atoms with Crippen LogP contribution in [0.25, 0.3) is 0 Å². The van der Waals surface area contributed by atoms with E-state index in [0.717, 1.165) is 5.69 Å². The maximum Gasteiger partial charge on any atom is 0.322 e. The van der Waals surface area contributed by atoms with E-state index in [-0.39, 0.29) is 19.0 Å². The molecule has 0 aromatic heterocycles. The molecule has 5 heteroatoms. The number of hydrogen-bond acceptors (Lipinski definition) is 3. The van der Waals surface area contributed by atoms with Crippen LogP contribution in [0.4, 0.5) is 11.4 Å². The summed E-state index contributed by atoms with van der Waals surface area (Å²) in [5.74, 6) is -0.883. The highest BCUT2D eigenvalue weighted by molar-refractivity contribution is 5.85. The zero-order chi connectivity index (χ0) is 8.97. The number of halogens is 1. The maximum atomic E-state index is 10.2. The molecule has 0 radical (unpaired) electrons. The third-order valence-electron chi connectivity index (χ3n) is 1.35. The molecule has 1 aromatic carbocycles. The van der Waals surface area contributed by atoms with E-state index in [1.807, 2.05) is 0 Å². The number of carbonyl (C=O) groups is 1. The number of nitrogens with two attached hydrogens (primary N) is 1. The third kappa shape index (κ3) is 4.22. The average Bonchev–Trinajstić information content (AvgIpc) is 2.03. The second-order valence-corrected chi connectivity index (χ2v) is 2.37. The summed E-state index contributed by atoms with van der Waals surface area (Å²) >= 11 is 0. The second kappa shape index (κ2) is 5.27. The van der Waals surface area contributed by atoms with Gasteiger partial charge in [0.25, 0.3) is 0 Å². The van der Waals surface area contributed by atoms with Crippen molar-refractivity contribution in [3.8, 4) is 0 Å². The van der Waals surface area contributed by atoms with Gasteiger partial charge in [-0.3, -0.25) is 4.79 Å². The van der Waals surface area contributed by atoms with Gasteiger partial charge in [-0.2, -0.15) is 0 Å². The molecule has 13 heavy (non-hydrogen) atoms. The molecule has 0 aliphatic carbocycles. The van der Waals surface area contributed by atoms with Gasteiger partial charge in [0.2, 0.25) is 0 Å². The Labute approximate surface area is 82.2 Å². The smallest absolute Gasteiger partial charge is 0.322 e. The van der Waals surface area contributed by atoms with Crippen LogP contribution in [0.2, 0.25) is 0 Å². The van der Waals surface area contributed by atoms with Crippen molar-refractivity contribution in [2.24, 2.45) is 0 Å². The van der Waals surface area contributed by atoms with E-state index < -0.39 is 5.97 Å². The number of nitrogens with one attached hydrogen (secondary N) is 1. The van der Waals surface area contributed by atoms with Crippen LogP contribution in [-0.4, -0.2) is 17.6 Å². The van der Waals surface area contributed by atoms with E-state index in [2.05, 4.69) is 5.32 Å². The first-order valence-electron chi connectivity index (χ1n) is 3.49. The fraction of sp³-hybridized carbons (Fsp3) is 0.125. The number of carboxylic acid groups (broad SMARTS) is 1. The number of aliphatic carboxylic acids is 1. The lowest BCUT2D eigenvalue weighted by Crippen LogP contribution is -2.12. The summed E-state index contributed by atoms with van der Waals surface area (Å²) in [6.07, 6.45) is 0. The standard InChI is InChI=1S/C8H10N2O2.ClH/c9-6-1-3-7(4-2-6)10-5-8(11)12;/h1-4,10H,5,9H2,(H,11,12);1H. The first-order chi connectivity index (χ1) is 5.68. The summed E-state index contributed by atoms with van der Waals surface area (Å²) in [6, 6.07) is 6.89. The quantitative estimate of drug-likeness (QED) is 0.644. The predicted molar refractivity (Wildman–Crippen MR) is 54.2 cm³/mol. The topological polar surface area (TPSA) is 75.3 Å². The van der Waals surface area contributed by atoms with Gasteiger partial charge in [0.15, 0.2) is 0 Å². The van der Waals surface area contributed by atoms with Gasteiger partial charge in [-0.15, -0.1) is 12.4 Å². The molecule has 0 unspecified atom stereocenters. The summed E-state index contributed by atoms with van der Waals surface area (Å²) < 4.78 is 0. The van der Waals surface area contributed by atoms with Gasteiger partial charge in [0.05, 0.1) is 0 Å². The van der Waals surface area contributed by atoms with Gasteiger partial charge in [0, 0.05) is 11.4 Å². The van der Waals surface area contributed by atoms with Crippen molar-refractivity contribution in [3.63, 3.8) is 0 Å². The Kier molecular flexibility index (Phi) is 4.69. The Morgan fingerprint density at radius 2 is 1.92 bits per heavy atom. The molecule has 1 rings (SSSR count). The van der Waals surface area contributed by atoms with Gasteiger partial charge in [-0.25, -0.2) is 0 Å². The molecule has 0 atom stereocenters. The van der Waals surface area contributed by atoms with E-state index in [9.17, 15) is 4.79 Å². The zero-order valence-corrected chi connectivity index (χ0v) is 7.67. The van der Waals surface area contributed by atoms with E-state index in [1.165, 1.54) is 0 Å². The van der Waals surface area contributed by atoms with Crippen LogP contribution in [0.5, 0.6) is 0 Å². The molecule has 4 nitrogen and oxygen atoms in total. The largest absolute Gasteiger partial charge is 0.480 e. The van der Waals surface area contributed by atoms with Gasteiger partial charge in [-0.1, -0.05) is 0 Å². The molecule has 0 aliphatic heterocycles. The highest BCUT2D eigenvalue weighted by atomic mass is 35.5. The molecule has 72 valence electrons. The fourth-order valence-electron chi connectivity index (χ4n) is 0.779. The number of carboxylic acids is 1. The number of nitrogen functional groups attached to an aromatic ring is 1. The molecule has 4 N–H and O–H groups in total. The Hall–Kier alpha value is -1.42. The summed E-state index contributed by atoms with van der Waals surface area (Å²) in [6.45, 7) is -0.0794. The molecule has 1 aromatic rings. The number of rotatable bonds is 3. The number of hydrogen-bond donors (Lipinski definition) is 3. The minimum atomic E-state index is -0.883. The van der Waals surface area contributed by atoms with Gasteiger partial charge in [0.1, 0.15) is 6.54 Å². The van der Waals surface area contributed by atoms with E-state index in [4.69, 9.17) is 10.8 Å². The van der Waals surface area contributed by atoms with Crippen molar-refractivity contribution < 1.29 is 9.90 Å². The van der Waals surface area contributed by atoms with Crippen molar-refractivity contribution >= 4 is 29.8 Å². The zero-order valence-electron chi connectivity index (χ0n) is 6.86. The van der Waals surface area contributed by atoms with Crippen molar-refractivity contribution in [2.45, 2.75) is 0 Å². The normalized spacial score (nSPS) is 8.62. The summed E-state index contributed by atoms with van der Waals surface area (Å²) in [4.78, 5) is 10.2. The lowest BCUT2D eigenvalue weighted by atomic mass is 10.3. The van der Waals surface area contributed by atoms with Crippen molar-refractivity contribution in [1.82, 2.24) is 0 Å². The lowest BCUT2D eigenvalue weighted by Gasteiger charge is -2.02. The molecule has 0 amide bonds. The Bertz CT molecular complexity index is 274. The van der Waals surface area contributed by atoms with Crippen LogP contribution in [0.1, 0.15) is 0 Å². The third-order valence-corrected chi connectivity index (χ3v) is 1.35. The van der Waals surface area contributed by atoms with Crippen molar-refractivity contribution in [3.05, 3.63) is 24.3 Å². The lowest BCUT2D eigenvalue weighted by molar-refractivity contribution is -0.134. The predicted octanol–water partition coefficient (Wildman–Crippen LogP) is 1.19. The van der Waals surface area contributed by atoms with Crippen LogP contribution < -0.4 is 11.1 Å². The molecule has 0 heterocycles. The SMILES string of the molecule is Cl.Nc1ccc(NCC(=O)O)cc1. The molecule has 0 saturated heterocycles. The molecular formula is C8H11ClN2O2. The van der Waals surface area contributed by atoms with E-state index >= 15 is 0 Å². The molecule has 0 bridgehead atoms.